The monoisotopic (exact) mass is 166 g/mol. The first kappa shape index (κ1) is 9.49. The smallest absolute Gasteiger partial charge is 0.468 e. The molecule has 0 radical (unpaired) electrons. The highest BCUT2D eigenvalue weighted by atomic mass is 31.1. The van der Waals surface area contributed by atoms with E-state index in [1.807, 2.05) is 0 Å². The topological polar surface area (TPSA) is 75.6 Å². The van der Waals surface area contributed by atoms with Crippen LogP contribution in [0, 0.1) is 0 Å². The molecule has 0 fully saturated rings. The minimum Gasteiger partial charge on any atom is -0.468 e. The Kier molecular flexibility index (Phi) is 4.11. The summed E-state index contributed by atoms with van der Waals surface area (Å²) in [6, 6.07) is -0.737. The molecule has 0 bridgehead atoms. The van der Waals surface area contributed by atoms with Gasteiger partial charge in [-0.05, 0) is 11.5 Å². The molecule has 58 valence electrons. The number of methoxy groups -OCH3 is 1. The van der Waals surface area contributed by atoms with Gasteiger partial charge >= 0.3 is 14.1 Å². The highest BCUT2D eigenvalue weighted by Gasteiger charge is 2.22. The highest BCUT2D eigenvalue weighted by Crippen LogP contribution is 2.06. The summed E-state index contributed by atoms with van der Waals surface area (Å²) in [6.07, 6.45) is 0. The second-order valence-corrected chi connectivity index (χ2v) is 2.45. The zero-order valence-corrected chi connectivity index (χ0v) is 6.59. The molecule has 6 heteroatoms. The van der Waals surface area contributed by atoms with Crippen molar-refractivity contribution >= 4 is 14.1 Å². The summed E-state index contributed by atoms with van der Waals surface area (Å²) in [5, 5.41) is 2.08. The van der Waals surface area contributed by atoms with E-state index >= 15 is 0 Å². The van der Waals surface area contributed by atoms with Gasteiger partial charge in [-0.1, -0.05) is 5.09 Å². The molecule has 0 amide bonds. The number of carbonyl (C=O) groups excluding carboxylic acids is 1. The lowest BCUT2D eigenvalue weighted by Gasteiger charge is -2.00. The van der Waals surface area contributed by atoms with E-state index in [4.69, 9.17) is 4.89 Å². The van der Waals surface area contributed by atoms with E-state index in [9.17, 15) is 9.36 Å². The van der Waals surface area contributed by atoms with E-state index in [0.29, 0.717) is 0 Å². The van der Waals surface area contributed by atoms with Crippen molar-refractivity contribution in [1.29, 1.82) is 0 Å². The van der Waals surface area contributed by atoms with E-state index < -0.39 is 20.2 Å². The average Bonchev–Trinajstić information content (AvgIpc) is 1.85. The fraction of sp³-hybridized carbons (Fsp3) is 0.750. The van der Waals surface area contributed by atoms with Crippen LogP contribution in [0.2, 0.25) is 0 Å². The van der Waals surface area contributed by atoms with Gasteiger partial charge in [0, 0.05) is 0 Å². The van der Waals surface area contributed by atoms with E-state index in [0.717, 1.165) is 0 Å². The van der Waals surface area contributed by atoms with E-state index in [1.54, 1.807) is 0 Å². The molecule has 2 unspecified atom stereocenters. The van der Waals surface area contributed by atoms with E-state index in [2.05, 4.69) is 9.82 Å². The van der Waals surface area contributed by atoms with Gasteiger partial charge in [0.2, 0.25) is 0 Å². The standard InChI is InChI=1S/C4H8NO4P/c1-3(4(6)9-2)5-10(7)8/h3H,1-2H3,(H-,5,7,8)/p+1. The summed E-state index contributed by atoms with van der Waals surface area (Å²) >= 11 is 0. The normalized spacial score (nSPS) is 14.1. The summed E-state index contributed by atoms with van der Waals surface area (Å²) in [7, 11) is -1.27. The lowest BCUT2D eigenvalue weighted by atomic mass is 10.4. The van der Waals surface area contributed by atoms with Gasteiger partial charge in [0.1, 0.15) is 6.04 Å². The molecule has 0 aromatic rings. The fourth-order valence-electron chi connectivity index (χ4n) is 0.395. The molecule has 0 rings (SSSR count). The summed E-state index contributed by atoms with van der Waals surface area (Å²) < 4.78 is 14.3. The van der Waals surface area contributed by atoms with Gasteiger partial charge in [0.15, 0.2) is 0 Å². The maximum absolute atomic E-state index is 10.5. The summed E-state index contributed by atoms with van der Waals surface area (Å²) in [5.41, 5.74) is 0. The van der Waals surface area contributed by atoms with Crippen LogP contribution in [0.5, 0.6) is 0 Å². The lowest BCUT2D eigenvalue weighted by molar-refractivity contribution is -0.142. The van der Waals surface area contributed by atoms with Crippen LogP contribution in [0.4, 0.5) is 0 Å². The molecule has 5 nitrogen and oxygen atoms in total. The molecule has 0 aromatic heterocycles. The Labute approximate surface area is 59.3 Å². The molecule has 0 aliphatic carbocycles. The number of esters is 1. The molecular weight excluding hydrogens is 157 g/mol. The van der Waals surface area contributed by atoms with Gasteiger partial charge < -0.3 is 4.74 Å². The second-order valence-electron chi connectivity index (χ2n) is 1.65. The first-order valence-electron chi connectivity index (χ1n) is 2.58. The van der Waals surface area contributed by atoms with Crippen molar-refractivity contribution in [3.05, 3.63) is 0 Å². The maximum Gasteiger partial charge on any atom is 0.611 e. The number of hydrogen-bond donors (Lipinski definition) is 2. The van der Waals surface area contributed by atoms with Crippen LogP contribution in [-0.2, 0) is 14.1 Å². The van der Waals surface area contributed by atoms with Crippen molar-refractivity contribution in [3.8, 4) is 0 Å². The van der Waals surface area contributed by atoms with Crippen LogP contribution in [0.15, 0.2) is 0 Å². The second kappa shape index (κ2) is 4.33. The van der Waals surface area contributed by atoms with Crippen molar-refractivity contribution in [2.45, 2.75) is 13.0 Å². The van der Waals surface area contributed by atoms with Crippen LogP contribution in [-0.4, -0.2) is 24.0 Å². The van der Waals surface area contributed by atoms with Crippen molar-refractivity contribution in [2.24, 2.45) is 0 Å². The molecule has 0 aliphatic heterocycles. The van der Waals surface area contributed by atoms with Gasteiger partial charge in [0.25, 0.3) is 0 Å². The van der Waals surface area contributed by atoms with Crippen molar-refractivity contribution < 1.29 is 19.0 Å². The molecule has 10 heavy (non-hydrogen) atoms. The number of ether oxygens (including phenoxy) is 1. The number of nitrogens with one attached hydrogen (secondary N) is 1. The first-order chi connectivity index (χ1) is 4.57. The minimum atomic E-state index is -2.48. The molecule has 0 heterocycles. The van der Waals surface area contributed by atoms with E-state index in [1.165, 1.54) is 14.0 Å². The first-order valence-corrected chi connectivity index (χ1v) is 3.79. The van der Waals surface area contributed by atoms with Gasteiger partial charge in [-0.15, -0.1) is 4.89 Å². The van der Waals surface area contributed by atoms with Crippen LogP contribution >= 0.6 is 8.18 Å². The molecule has 0 aromatic carbocycles. The number of carbonyl (C=O) groups is 1. The van der Waals surface area contributed by atoms with Crippen LogP contribution in [0.25, 0.3) is 0 Å². The summed E-state index contributed by atoms with van der Waals surface area (Å²) in [6.45, 7) is 1.44. The lowest BCUT2D eigenvalue weighted by Crippen LogP contribution is -2.29. The molecule has 0 saturated carbocycles. The Morgan fingerprint density at radius 2 is 2.30 bits per heavy atom. The zero-order valence-electron chi connectivity index (χ0n) is 5.70. The van der Waals surface area contributed by atoms with Crippen molar-refractivity contribution in [1.82, 2.24) is 5.09 Å². The third-order valence-electron chi connectivity index (χ3n) is 0.859. The Morgan fingerprint density at radius 3 is 2.60 bits per heavy atom. The molecule has 0 spiro atoms. The maximum atomic E-state index is 10.5. The minimum absolute atomic E-state index is 0.558. The zero-order chi connectivity index (χ0) is 8.15. The third-order valence-corrected chi connectivity index (χ3v) is 1.47. The van der Waals surface area contributed by atoms with Crippen LogP contribution in [0.1, 0.15) is 6.92 Å². The SMILES string of the molecule is COC(=O)C(C)N[P+](=O)O. The Bertz CT molecular complexity index is 148. The van der Waals surface area contributed by atoms with Crippen LogP contribution < -0.4 is 5.09 Å². The van der Waals surface area contributed by atoms with Crippen LogP contribution in [0.3, 0.4) is 0 Å². The molecule has 2 atom stereocenters. The molecule has 2 N–H and O–H groups in total. The summed E-state index contributed by atoms with van der Waals surface area (Å²) in [4.78, 5) is 18.8. The number of hydrogen-bond acceptors (Lipinski definition) is 3. The molecule has 0 saturated heterocycles. The predicted molar refractivity (Wildman–Crippen MR) is 34.4 cm³/mol. The fourth-order valence-corrected chi connectivity index (χ4v) is 0.832. The van der Waals surface area contributed by atoms with Gasteiger partial charge in [-0.25, -0.2) is 0 Å². The van der Waals surface area contributed by atoms with Crippen molar-refractivity contribution in [3.63, 3.8) is 0 Å². The Hall–Kier alpha value is -0.510. The Morgan fingerprint density at radius 1 is 1.80 bits per heavy atom. The third kappa shape index (κ3) is 3.50. The van der Waals surface area contributed by atoms with Gasteiger partial charge in [0.05, 0.1) is 7.11 Å². The highest BCUT2D eigenvalue weighted by molar-refractivity contribution is 7.35. The average molecular weight is 166 g/mol. The van der Waals surface area contributed by atoms with Crippen molar-refractivity contribution in [2.75, 3.05) is 7.11 Å². The largest absolute Gasteiger partial charge is 0.611 e. The molecule has 0 aliphatic rings. The Balaban J connectivity index is 3.72. The number of rotatable bonds is 3. The molecular formula is C4H9NO4P+. The van der Waals surface area contributed by atoms with Gasteiger partial charge in [-0.2, -0.15) is 0 Å². The summed E-state index contributed by atoms with van der Waals surface area (Å²) in [5.74, 6) is -0.558. The quantitative estimate of drug-likeness (QED) is 0.448. The van der Waals surface area contributed by atoms with Gasteiger partial charge in [-0.3, -0.25) is 4.79 Å². The predicted octanol–water partition coefficient (Wildman–Crippen LogP) is -0.213. The van der Waals surface area contributed by atoms with E-state index in [-0.39, 0.29) is 0 Å².